The number of halogens is 2. The quantitative estimate of drug-likeness (QED) is 0.137. The van der Waals surface area contributed by atoms with E-state index < -0.39 is 23.0 Å². The van der Waals surface area contributed by atoms with Gasteiger partial charge in [0.05, 0.1) is 12.4 Å². The number of aromatic nitrogens is 2. The van der Waals surface area contributed by atoms with E-state index in [1.165, 1.54) is 0 Å². The van der Waals surface area contributed by atoms with Gasteiger partial charge in [-0.25, -0.2) is 18.7 Å². The summed E-state index contributed by atoms with van der Waals surface area (Å²) in [6, 6.07) is 17.1. The topological polar surface area (TPSA) is 135 Å². The van der Waals surface area contributed by atoms with Gasteiger partial charge in [-0.15, -0.1) is 23.5 Å². The molecular formula is C41H48F2N6O5S2. The molecule has 6 rings (SSSR count). The van der Waals surface area contributed by atoms with Gasteiger partial charge in [0.15, 0.2) is 0 Å². The molecular weight excluding hydrogens is 759 g/mol. The number of hydrogen-bond donors (Lipinski definition) is 3. The summed E-state index contributed by atoms with van der Waals surface area (Å²) in [5.74, 6) is -0.644. The van der Waals surface area contributed by atoms with Gasteiger partial charge >= 0.3 is 0 Å². The number of hydrogen-bond acceptors (Lipinski definition) is 10. The standard InChI is InChI=1S/C23H28FN3O3S.C18H20FN3O2S/c1-23(2,3)22(29)27-10-8-16(9-11-27)26-20(28)19-12-15(24)14-25-21(19)30-17-6-5-7-18(13-17)31-4;1-25-15-4-2-3-14(10-15)24-18-16(9-12(19)11-21-18)17(23)22-13-5-7-20-8-6-13/h5-7,12-14,16H,8-11H2,1-4H3,(H,26,28);2-4,9-11,13,20H,5-8H2,1H3,(H,22,23). The van der Waals surface area contributed by atoms with Crippen molar-refractivity contribution in [2.75, 3.05) is 38.7 Å². The van der Waals surface area contributed by atoms with Crippen molar-refractivity contribution in [3.8, 4) is 23.3 Å². The third-order valence-corrected chi connectivity index (χ3v) is 10.5. The summed E-state index contributed by atoms with van der Waals surface area (Å²) >= 11 is 3.15. The van der Waals surface area contributed by atoms with E-state index in [9.17, 15) is 23.2 Å². The molecule has 0 atom stereocenters. The summed E-state index contributed by atoms with van der Waals surface area (Å²) in [7, 11) is 0. The summed E-state index contributed by atoms with van der Waals surface area (Å²) in [6.45, 7) is 8.57. The van der Waals surface area contributed by atoms with Crippen LogP contribution < -0.4 is 25.4 Å². The van der Waals surface area contributed by atoms with E-state index in [0.717, 1.165) is 60.2 Å². The number of carbonyl (C=O) groups excluding carboxylic acids is 3. The maximum absolute atomic E-state index is 13.8. The average Bonchev–Trinajstić information content (AvgIpc) is 3.19. The molecule has 56 heavy (non-hydrogen) atoms. The van der Waals surface area contributed by atoms with Crippen LogP contribution in [0, 0.1) is 17.0 Å². The number of amides is 3. The molecule has 2 aliphatic heterocycles. The molecule has 2 saturated heterocycles. The third kappa shape index (κ3) is 12.1. The highest BCUT2D eigenvalue weighted by molar-refractivity contribution is 7.98. The molecule has 2 aliphatic rings. The first kappa shape index (κ1) is 42.4. The van der Waals surface area contributed by atoms with Gasteiger partial charge in [-0.2, -0.15) is 0 Å². The Morgan fingerprint density at radius 2 is 1.18 bits per heavy atom. The summed E-state index contributed by atoms with van der Waals surface area (Å²) in [5, 5.41) is 9.12. The number of rotatable bonds is 10. The molecule has 11 nitrogen and oxygen atoms in total. The molecule has 2 aromatic heterocycles. The summed E-state index contributed by atoms with van der Waals surface area (Å²) in [6.07, 6.45) is 8.98. The van der Waals surface area contributed by atoms with Crippen LogP contribution in [-0.2, 0) is 4.79 Å². The van der Waals surface area contributed by atoms with Gasteiger partial charge in [0.2, 0.25) is 17.7 Å². The predicted octanol–water partition coefficient (Wildman–Crippen LogP) is 7.72. The first-order chi connectivity index (χ1) is 26.8. The maximum Gasteiger partial charge on any atom is 0.257 e. The predicted molar refractivity (Wildman–Crippen MR) is 215 cm³/mol. The van der Waals surface area contributed by atoms with E-state index in [1.54, 1.807) is 35.7 Å². The van der Waals surface area contributed by atoms with Crippen molar-refractivity contribution in [3.05, 3.63) is 95.8 Å². The van der Waals surface area contributed by atoms with E-state index in [2.05, 4.69) is 25.9 Å². The van der Waals surface area contributed by atoms with Gasteiger partial charge in [0, 0.05) is 40.4 Å². The molecule has 298 valence electrons. The van der Waals surface area contributed by atoms with Crippen molar-refractivity contribution in [2.24, 2.45) is 5.41 Å². The largest absolute Gasteiger partial charge is 0.438 e. The van der Waals surface area contributed by atoms with Crippen LogP contribution in [0.2, 0.25) is 0 Å². The van der Waals surface area contributed by atoms with Crippen LogP contribution >= 0.6 is 23.5 Å². The number of piperidine rings is 2. The first-order valence-electron chi connectivity index (χ1n) is 18.4. The number of nitrogens with zero attached hydrogens (tertiary/aromatic N) is 3. The monoisotopic (exact) mass is 806 g/mol. The van der Waals surface area contributed by atoms with Crippen molar-refractivity contribution < 1.29 is 32.6 Å². The molecule has 2 aromatic carbocycles. The highest BCUT2D eigenvalue weighted by atomic mass is 32.2. The van der Waals surface area contributed by atoms with Crippen LogP contribution in [0.25, 0.3) is 0 Å². The van der Waals surface area contributed by atoms with Gasteiger partial charge in [0.25, 0.3) is 11.8 Å². The number of nitrogens with one attached hydrogen (secondary N) is 3. The Morgan fingerprint density at radius 1 is 0.732 bits per heavy atom. The zero-order valence-electron chi connectivity index (χ0n) is 32.2. The van der Waals surface area contributed by atoms with Crippen molar-refractivity contribution in [1.82, 2.24) is 30.8 Å². The molecule has 0 aliphatic carbocycles. The van der Waals surface area contributed by atoms with Crippen molar-refractivity contribution >= 4 is 41.2 Å². The molecule has 3 amide bonds. The summed E-state index contributed by atoms with van der Waals surface area (Å²) < 4.78 is 39.0. The zero-order chi connectivity index (χ0) is 40.2. The van der Waals surface area contributed by atoms with E-state index in [4.69, 9.17) is 9.47 Å². The van der Waals surface area contributed by atoms with Crippen molar-refractivity contribution in [3.63, 3.8) is 0 Å². The molecule has 2 fully saturated rings. The van der Waals surface area contributed by atoms with Gasteiger partial charge in [-0.05, 0) is 99.8 Å². The van der Waals surface area contributed by atoms with E-state index >= 15 is 0 Å². The molecule has 0 unspecified atom stereocenters. The lowest BCUT2D eigenvalue weighted by Gasteiger charge is -2.36. The Morgan fingerprint density at radius 3 is 1.61 bits per heavy atom. The highest BCUT2D eigenvalue weighted by Gasteiger charge is 2.31. The number of thioether (sulfide) groups is 2. The Labute approximate surface area is 335 Å². The molecule has 4 heterocycles. The van der Waals surface area contributed by atoms with Gasteiger partial charge in [-0.3, -0.25) is 14.4 Å². The molecule has 15 heteroatoms. The van der Waals surface area contributed by atoms with Crippen molar-refractivity contribution in [2.45, 2.75) is 68.3 Å². The van der Waals surface area contributed by atoms with Crippen LogP contribution in [0.5, 0.6) is 23.3 Å². The zero-order valence-corrected chi connectivity index (χ0v) is 33.8. The fraction of sp³-hybridized carbons (Fsp3) is 0.390. The van der Waals surface area contributed by atoms with Gasteiger partial charge in [0.1, 0.15) is 34.3 Å². The molecule has 0 spiro atoms. The fourth-order valence-electron chi connectivity index (χ4n) is 6.09. The Balaban J connectivity index is 0.000000219. The lowest BCUT2D eigenvalue weighted by Crippen LogP contribution is -2.49. The van der Waals surface area contributed by atoms with Gasteiger partial charge in [-0.1, -0.05) is 32.9 Å². The molecule has 0 bridgehead atoms. The van der Waals surface area contributed by atoms with Crippen molar-refractivity contribution in [1.29, 1.82) is 0 Å². The minimum atomic E-state index is -0.610. The second-order valence-corrected chi connectivity index (χ2v) is 16.1. The first-order valence-corrected chi connectivity index (χ1v) is 20.8. The molecule has 0 radical (unpaired) electrons. The van der Waals surface area contributed by atoms with E-state index in [0.29, 0.717) is 37.4 Å². The SMILES string of the molecule is CSc1cccc(Oc2ncc(F)cc2C(=O)NC2CCN(C(=O)C(C)(C)C)CC2)c1.CSc1cccc(Oc2ncc(F)cc2C(=O)NC2CCNCC2)c1. The van der Waals surface area contributed by atoms with Crippen LogP contribution in [0.1, 0.15) is 67.2 Å². The fourth-order valence-corrected chi connectivity index (χ4v) is 6.99. The number of benzene rings is 2. The normalized spacial score (nSPS) is 14.9. The second-order valence-electron chi connectivity index (χ2n) is 14.4. The lowest BCUT2D eigenvalue weighted by atomic mass is 9.93. The molecule has 0 saturated carbocycles. The highest BCUT2D eigenvalue weighted by Crippen LogP contribution is 2.29. The van der Waals surface area contributed by atoms with Crippen LogP contribution in [0.4, 0.5) is 8.78 Å². The minimum Gasteiger partial charge on any atom is -0.438 e. The summed E-state index contributed by atoms with van der Waals surface area (Å²) in [4.78, 5) is 49.7. The molecule has 3 N–H and O–H groups in total. The Kier molecular flexibility index (Phi) is 15.1. The van der Waals surface area contributed by atoms with E-state index in [1.807, 2.05) is 74.6 Å². The molecule has 4 aromatic rings. The Bertz CT molecular complexity index is 1980. The smallest absolute Gasteiger partial charge is 0.257 e. The number of pyridine rings is 2. The maximum atomic E-state index is 13.8. The minimum absolute atomic E-state index is 0.0442. The van der Waals surface area contributed by atoms with Crippen LogP contribution in [0.3, 0.4) is 0 Å². The summed E-state index contributed by atoms with van der Waals surface area (Å²) in [5.41, 5.74) is -0.279. The second kappa shape index (κ2) is 19.9. The van der Waals surface area contributed by atoms with Gasteiger partial charge < -0.3 is 30.3 Å². The van der Waals surface area contributed by atoms with E-state index in [-0.39, 0.29) is 46.8 Å². The number of ether oxygens (including phenoxy) is 2. The number of likely N-dealkylation sites (tertiary alicyclic amines) is 1. The Hall–Kier alpha value is -4.73. The average molecular weight is 807 g/mol. The lowest BCUT2D eigenvalue weighted by molar-refractivity contribution is -0.140. The number of carbonyl (C=O) groups is 3. The van der Waals surface area contributed by atoms with Crippen LogP contribution in [-0.4, -0.2) is 83.4 Å². The van der Waals surface area contributed by atoms with Crippen LogP contribution in [0.15, 0.2) is 82.8 Å². The third-order valence-electron chi connectivity index (χ3n) is 9.07.